The van der Waals surface area contributed by atoms with E-state index >= 15 is 0 Å². The second kappa shape index (κ2) is 6.48. The van der Waals surface area contributed by atoms with E-state index in [9.17, 15) is 4.79 Å². The Labute approximate surface area is 118 Å². The van der Waals surface area contributed by atoms with Crippen LogP contribution >= 0.6 is 23.4 Å². The number of amides is 1. The Kier molecular flexibility index (Phi) is 4.95. The van der Waals surface area contributed by atoms with E-state index in [1.54, 1.807) is 11.8 Å². The molecule has 0 spiro atoms. The van der Waals surface area contributed by atoms with E-state index in [-0.39, 0.29) is 5.91 Å². The van der Waals surface area contributed by atoms with Crippen LogP contribution in [-0.4, -0.2) is 29.6 Å². The summed E-state index contributed by atoms with van der Waals surface area (Å²) in [4.78, 5) is 15.1. The molecule has 1 amide bonds. The van der Waals surface area contributed by atoms with Gasteiger partial charge in [-0.15, -0.1) is 11.8 Å². The van der Waals surface area contributed by atoms with E-state index in [2.05, 4.69) is 0 Å². The van der Waals surface area contributed by atoms with Crippen LogP contribution in [0.15, 0.2) is 29.2 Å². The van der Waals surface area contributed by atoms with Gasteiger partial charge in [-0.05, 0) is 37.1 Å². The summed E-state index contributed by atoms with van der Waals surface area (Å²) in [5.74, 6) is 0.732. The molecular formula is C14H18ClNOS. The Morgan fingerprint density at radius 1 is 1.33 bits per heavy atom. The van der Waals surface area contributed by atoms with Gasteiger partial charge in [-0.2, -0.15) is 0 Å². The molecule has 1 saturated carbocycles. The average Bonchev–Trinajstić information content (AvgIpc) is 2.90. The molecule has 0 aliphatic heterocycles. The van der Waals surface area contributed by atoms with Crippen LogP contribution in [0.5, 0.6) is 0 Å². The topological polar surface area (TPSA) is 20.3 Å². The van der Waals surface area contributed by atoms with Gasteiger partial charge in [0.25, 0.3) is 0 Å². The summed E-state index contributed by atoms with van der Waals surface area (Å²) in [5.41, 5.74) is 0. The van der Waals surface area contributed by atoms with Crippen molar-refractivity contribution in [2.75, 3.05) is 12.8 Å². The minimum atomic E-state index is 0.224. The Hall–Kier alpha value is -0.670. The second-order valence-corrected chi connectivity index (χ2v) is 6.17. The van der Waals surface area contributed by atoms with Crippen LogP contribution in [0, 0.1) is 0 Å². The zero-order valence-electron chi connectivity index (χ0n) is 10.6. The molecule has 98 valence electrons. The molecule has 1 fully saturated rings. The highest BCUT2D eigenvalue weighted by molar-refractivity contribution is 8.00. The van der Waals surface area contributed by atoms with Crippen molar-refractivity contribution in [1.82, 2.24) is 4.90 Å². The lowest BCUT2D eigenvalue weighted by Gasteiger charge is -2.24. The molecule has 18 heavy (non-hydrogen) atoms. The minimum Gasteiger partial charge on any atom is -0.342 e. The number of benzene rings is 1. The van der Waals surface area contributed by atoms with Crippen LogP contribution in [0.2, 0.25) is 5.02 Å². The SMILES string of the molecule is CN(C(=O)CSc1ccc(Cl)cc1)C1CCCC1. The Balaban J connectivity index is 1.82. The maximum atomic E-state index is 12.0. The maximum absolute atomic E-state index is 12.0. The molecule has 0 N–H and O–H groups in total. The molecule has 1 aliphatic rings. The van der Waals surface area contributed by atoms with E-state index in [1.807, 2.05) is 36.2 Å². The van der Waals surface area contributed by atoms with Gasteiger partial charge in [0.15, 0.2) is 0 Å². The lowest BCUT2D eigenvalue weighted by molar-refractivity contribution is -0.129. The molecule has 1 aliphatic carbocycles. The molecule has 0 heterocycles. The van der Waals surface area contributed by atoms with Crippen molar-refractivity contribution >= 4 is 29.3 Å². The summed E-state index contributed by atoms with van der Waals surface area (Å²) in [6.45, 7) is 0. The van der Waals surface area contributed by atoms with Crippen molar-refractivity contribution in [3.8, 4) is 0 Å². The summed E-state index contributed by atoms with van der Waals surface area (Å²) in [7, 11) is 1.93. The lowest BCUT2D eigenvalue weighted by Crippen LogP contribution is -2.36. The first-order valence-electron chi connectivity index (χ1n) is 6.31. The number of carbonyl (C=O) groups is 1. The molecule has 0 bridgehead atoms. The van der Waals surface area contributed by atoms with Crippen molar-refractivity contribution in [2.45, 2.75) is 36.6 Å². The predicted octanol–water partition coefficient (Wildman–Crippen LogP) is 3.83. The van der Waals surface area contributed by atoms with Crippen LogP contribution in [0.4, 0.5) is 0 Å². The van der Waals surface area contributed by atoms with E-state index in [0.29, 0.717) is 11.8 Å². The third-order valence-electron chi connectivity index (χ3n) is 3.44. The molecule has 0 unspecified atom stereocenters. The average molecular weight is 284 g/mol. The highest BCUT2D eigenvalue weighted by atomic mass is 35.5. The largest absolute Gasteiger partial charge is 0.342 e. The minimum absolute atomic E-state index is 0.224. The van der Waals surface area contributed by atoms with Gasteiger partial charge in [0.1, 0.15) is 0 Å². The van der Waals surface area contributed by atoms with Crippen molar-refractivity contribution < 1.29 is 4.79 Å². The first kappa shape index (κ1) is 13.8. The van der Waals surface area contributed by atoms with Crippen LogP contribution in [0.25, 0.3) is 0 Å². The van der Waals surface area contributed by atoms with Gasteiger partial charge in [-0.25, -0.2) is 0 Å². The van der Waals surface area contributed by atoms with E-state index in [1.165, 1.54) is 12.8 Å². The Bertz CT molecular complexity index is 401. The Morgan fingerprint density at radius 3 is 2.56 bits per heavy atom. The summed E-state index contributed by atoms with van der Waals surface area (Å²) in [6.07, 6.45) is 4.83. The fourth-order valence-electron chi connectivity index (χ4n) is 2.27. The first-order chi connectivity index (χ1) is 8.66. The summed E-state index contributed by atoms with van der Waals surface area (Å²) < 4.78 is 0. The number of nitrogens with zero attached hydrogens (tertiary/aromatic N) is 1. The van der Waals surface area contributed by atoms with E-state index < -0.39 is 0 Å². The maximum Gasteiger partial charge on any atom is 0.232 e. The van der Waals surface area contributed by atoms with Gasteiger partial charge in [-0.1, -0.05) is 24.4 Å². The molecule has 1 aromatic carbocycles. The smallest absolute Gasteiger partial charge is 0.232 e. The summed E-state index contributed by atoms with van der Waals surface area (Å²) in [5, 5.41) is 0.730. The van der Waals surface area contributed by atoms with E-state index in [0.717, 1.165) is 22.8 Å². The molecular weight excluding hydrogens is 266 g/mol. The fourth-order valence-corrected chi connectivity index (χ4v) is 3.22. The van der Waals surface area contributed by atoms with E-state index in [4.69, 9.17) is 11.6 Å². The Morgan fingerprint density at radius 2 is 1.94 bits per heavy atom. The highest BCUT2D eigenvalue weighted by Gasteiger charge is 2.23. The van der Waals surface area contributed by atoms with Crippen molar-refractivity contribution in [2.24, 2.45) is 0 Å². The molecule has 0 radical (unpaired) electrons. The van der Waals surface area contributed by atoms with Gasteiger partial charge in [-0.3, -0.25) is 4.79 Å². The van der Waals surface area contributed by atoms with Crippen molar-refractivity contribution in [1.29, 1.82) is 0 Å². The van der Waals surface area contributed by atoms with Gasteiger partial charge in [0, 0.05) is 23.0 Å². The summed E-state index contributed by atoms with van der Waals surface area (Å²) in [6, 6.07) is 8.08. The molecule has 0 aromatic heterocycles. The predicted molar refractivity (Wildman–Crippen MR) is 77.2 cm³/mol. The number of rotatable bonds is 4. The fraction of sp³-hybridized carbons (Fsp3) is 0.500. The summed E-state index contributed by atoms with van der Waals surface area (Å²) >= 11 is 7.40. The normalized spacial score (nSPS) is 15.9. The quantitative estimate of drug-likeness (QED) is 0.783. The number of thioether (sulfide) groups is 1. The lowest BCUT2D eigenvalue weighted by atomic mass is 10.2. The third-order valence-corrected chi connectivity index (χ3v) is 4.69. The van der Waals surface area contributed by atoms with Crippen LogP contribution < -0.4 is 0 Å². The van der Waals surface area contributed by atoms with Crippen LogP contribution in [0.3, 0.4) is 0 Å². The zero-order chi connectivity index (χ0) is 13.0. The number of halogens is 1. The molecule has 0 saturated heterocycles. The van der Waals surface area contributed by atoms with Gasteiger partial charge < -0.3 is 4.90 Å². The monoisotopic (exact) mass is 283 g/mol. The van der Waals surface area contributed by atoms with Gasteiger partial charge in [0.2, 0.25) is 5.91 Å². The highest BCUT2D eigenvalue weighted by Crippen LogP contribution is 2.24. The van der Waals surface area contributed by atoms with Crippen molar-refractivity contribution in [3.05, 3.63) is 29.3 Å². The molecule has 4 heteroatoms. The molecule has 0 atom stereocenters. The molecule has 2 rings (SSSR count). The van der Waals surface area contributed by atoms with Gasteiger partial charge in [0.05, 0.1) is 5.75 Å². The second-order valence-electron chi connectivity index (χ2n) is 4.69. The van der Waals surface area contributed by atoms with Gasteiger partial charge >= 0.3 is 0 Å². The number of hydrogen-bond donors (Lipinski definition) is 0. The number of hydrogen-bond acceptors (Lipinski definition) is 2. The third kappa shape index (κ3) is 3.66. The molecule has 1 aromatic rings. The zero-order valence-corrected chi connectivity index (χ0v) is 12.1. The first-order valence-corrected chi connectivity index (χ1v) is 7.67. The number of carbonyl (C=O) groups excluding carboxylic acids is 1. The van der Waals surface area contributed by atoms with Crippen LogP contribution in [0.1, 0.15) is 25.7 Å². The van der Waals surface area contributed by atoms with Crippen LogP contribution in [-0.2, 0) is 4.79 Å². The van der Waals surface area contributed by atoms with Crippen molar-refractivity contribution in [3.63, 3.8) is 0 Å². The molecule has 2 nitrogen and oxygen atoms in total. The standard InChI is InChI=1S/C14H18ClNOS/c1-16(12-4-2-3-5-12)14(17)10-18-13-8-6-11(15)7-9-13/h6-9,12H,2-5,10H2,1H3.